The van der Waals surface area contributed by atoms with Crippen molar-refractivity contribution in [3.63, 3.8) is 0 Å². The van der Waals surface area contributed by atoms with E-state index in [1.807, 2.05) is 31.2 Å². The number of carbonyl (C=O) groups excluding carboxylic acids is 1. The summed E-state index contributed by atoms with van der Waals surface area (Å²) < 4.78 is 11.3. The Bertz CT molecular complexity index is 675. The van der Waals surface area contributed by atoms with Gasteiger partial charge < -0.3 is 9.47 Å². The normalized spacial score (nSPS) is 17.2. The molecule has 3 rings (SSSR count). The number of benzene rings is 1. The average Bonchev–Trinajstić information content (AvgIpc) is 3.22. The van der Waals surface area contributed by atoms with Gasteiger partial charge in [-0.3, -0.25) is 15.3 Å². The van der Waals surface area contributed by atoms with Crippen molar-refractivity contribution in [1.29, 1.82) is 0 Å². The monoisotopic (exact) mass is 316 g/mol. The van der Waals surface area contributed by atoms with Gasteiger partial charge in [0.25, 0.3) is 5.91 Å². The maximum absolute atomic E-state index is 11.6. The lowest BCUT2D eigenvalue weighted by Gasteiger charge is -2.11. The molecule has 0 spiro atoms. The van der Waals surface area contributed by atoms with Crippen molar-refractivity contribution >= 4 is 5.91 Å². The molecule has 1 aliphatic heterocycles. The van der Waals surface area contributed by atoms with E-state index in [9.17, 15) is 4.79 Å². The van der Waals surface area contributed by atoms with Crippen molar-refractivity contribution < 1.29 is 14.3 Å². The Morgan fingerprint density at radius 3 is 2.91 bits per heavy atom. The lowest BCUT2D eigenvalue weighted by Crippen LogP contribution is -2.30. The van der Waals surface area contributed by atoms with Crippen LogP contribution in [-0.2, 0) is 4.74 Å². The van der Waals surface area contributed by atoms with E-state index >= 15 is 0 Å². The molecule has 0 saturated carbocycles. The standard InChI is InChI=1S/C16H20N4O3/c1-10-14(19-20-15(10)16(21)18-17)11-4-6-12(7-5-11)23-9-13-3-2-8-22-13/h4-7,13H,2-3,8-9,17H2,1H3,(H,18,21)(H,19,20). The van der Waals surface area contributed by atoms with Crippen LogP contribution in [0.2, 0.25) is 0 Å². The van der Waals surface area contributed by atoms with E-state index in [4.69, 9.17) is 15.3 Å². The number of hydrazine groups is 1. The molecule has 1 aromatic heterocycles. The van der Waals surface area contributed by atoms with Gasteiger partial charge in [0, 0.05) is 17.7 Å². The molecule has 23 heavy (non-hydrogen) atoms. The minimum atomic E-state index is -0.391. The third-order valence-corrected chi connectivity index (χ3v) is 3.96. The summed E-state index contributed by atoms with van der Waals surface area (Å²) in [7, 11) is 0. The number of hydrogen-bond donors (Lipinski definition) is 3. The van der Waals surface area contributed by atoms with E-state index in [2.05, 4.69) is 15.6 Å². The van der Waals surface area contributed by atoms with E-state index in [0.29, 0.717) is 18.0 Å². The number of H-pyrrole nitrogens is 1. The van der Waals surface area contributed by atoms with Crippen LogP contribution in [0.5, 0.6) is 5.75 Å². The molecule has 2 heterocycles. The fourth-order valence-corrected chi connectivity index (χ4v) is 2.65. The maximum Gasteiger partial charge on any atom is 0.283 e. The van der Waals surface area contributed by atoms with Gasteiger partial charge in [-0.05, 0) is 44.0 Å². The minimum absolute atomic E-state index is 0.195. The van der Waals surface area contributed by atoms with Crippen molar-refractivity contribution in [3.05, 3.63) is 35.5 Å². The molecule has 2 aromatic rings. The highest BCUT2D eigenvalue weighted by molar-refractivity contribution is 5.94. The summed E-state index contributed by atoms with van der Waals surface area (Å²) in [6.07, 6.45) is 2.35. The van der Waals surface area contributed by atoms with Crippen LogP contribution in [0.1, 0.15) is 28.9 Å². The zero-order chi connectivity index (χ0) is 16.2. The molecular formula is C16H20N4O3. The Balaban J connectivity index is 1.69. The summed E-state index contributed by atoms with van der Waals surface area (Å²) in [5, 5.41) is 6.90. The topological polar surface area (TPSA) is 102 Å². The number of nitrogens with two attached hydrogens (primary N) is 1. The van der Waals surface area contributed by atoms with Gasteiger partial charge in [0.2, 0.25) is 0 Å². The summed E-state index contributed by atoms with van der Waals surface area (Å²) in [6.45, 7) is 3.22. The molecular weight excluding hydrogens is 296 g/mol. The number of ether oxygens (including phenoxy) is 2. The Morgan fingerprint density at radius 2 is 2.26 bits per heavy atom. The second-order valence-electron chi connectivity index (χ2n) is 5.52. The predicted molar refractivity (Wildman–Crippen MR) is 84.9 cm³/mol. The Labute approximate surface area is 134 Å². The molecule has 1 amide bonds. The number of aromatic nitrogens is 2. The molecule has 1 fully saturated rings. The Morgan fingerprint density at radius 1 is 1.48 bits per heavy atom. The van der Waals surface area contributed by atoms with Crippen LogP contribution in [0, 0.1) is 6.92 Å². The Kier molecular flexibility index (Phi) is 4.59. The van der Waals surface area contributed by atoms with Gasteiger partial charge in [0.05, 0.1) is 11.8 Å². The Hall–Kier alpha value is -2.38. The van der Waals surface area contributed by atoms with Crippen LogP contribution in [0.3, 0.4) is 0 Å². The minimum Gasteiger partial charge on any atom is -0.491 e. The molecule has 7 nitrogen and oxygen atoms in total. The van der Waals surface area contributed by atoms with Gasteiger partial charge in [-0.15, -0.1) is 0 Å². The lowest BCUT2D eigenvalue weighted by atomic mass is 10.1. The predicted octanol–water partition coefficient (Wildman–Crippen LogP) is 1.55. The molecule has 1 aromatic carbocycles. The third kappa shape index (κ3) is 3.35. The summed E-state index contributed by atoms with van der Waals surface area (Å²) in [4.78, 5) is 11.6. The van der Waals surface area contributed by atoms with Crippen LogP contribution in [-0.4, -0.2) is 35.4 Å². The quantitative estimate of drug-likeness (QED) is 0.441. The summed E-state index contributed by atoms with van der Waals surface area (Å²) >= 11 is 0. The highest BCUT2D eigenvalue weighted by atomic mass is 16.5. The first-order valence-corrected chi connectivity index (χ1v) is 7.60. The first-order valence-electron chi connectivity index (χ1n) is 7.60. The largest absolute Gasteiger partial charge is 0.491 e. The van der Waals surface area contributed by atoms with E-state index in [-0.39, 0.29) is 6.10 Å². The van der Waals surface area contributed by atoms with E-state index in [1.54, 1.807) is 0 Å². The van der Waals surface area contributed by atoms with E-state index < -0.39 is 5.91 Å². The lowest BCUT2D eigenvalue weighted by molar-refractivity contribution is 0.0679. The van der Waals surface area contributed by atoms with Crippen molar-refractivity contribution in [2.45, 2.75) is 25.9 Å². The summed E-state index contributed by atoms with van der Waals surface area (Å²) in [6, 6.07) is 7.61. The van der Waals surface area contributed by atoms with Crippen LogP contribution in [0.15, 0.2) is 24.3 Å². The molecule has 1 aliphatic rings. The van der Waals surface area contributed by atoms with Gasteiger partial charge in [-0.2, -0.15) is 5.10 Å². The van der Waals surface area contributed by atoms with Crippen molar-refractivity contribution in [2.75, 3.05) is 13.2 Å². The fraction of sp³-hybridized carbons (Fsp3) is 0.375. The van der Waals surface area contributed by atoms with Gasteiger partial charge in [-0.1, -0.05) is 0 Å². The number of nitrogen functional groups attached to an aromatic ring is 1. The number of nitrogens with one attached hydrogen (secondary N) is 2. The number of aromatic amines is 1. The molecule has 0 aliphatic carbocycles. The van der Waals surface area contributed by atoms with Gasteiger partial charge in [0.1, 0.15) is 18.1 Å². The highest BCUT2D eigenvalue weighted by Gasteiger charge is 2.17. The first-order chi connectivity index (χ1) is 11.2. The first kappa shape index (κ1) is 15.5. The third-order valence-electron chi connectivity index (χ3n) is 3.96. The zero-order valence-corrected chi connectivity index (χ0v) is 13.0. The second-order valence-corrected chi connectivity index (χ2v) is 5.52. The molecule has 1 saturated heterocycles. The number of carbonyl (C=O) groups is 1. The average molecular weight is 316 g/mol. The maximum atomic E-state index is 11.6. The number of nitrogens with zero attached hydrogens (tertiary/aromatic N) is 1. The van der Waals surface area contributed by atoms with Gasteiger partial charge in [-0.25, -0.2) is 5.84 Å². The molecule has 4 N–H and O–H groups in total. The number of hydrogen-bond acceptors (Lipinski definition) is 5. The summed E-state index contributed by atoms with van der Waals surface area (Å²) in [5.41, 5.74) is 4.83. The van der Waals surface area contributed by atoms with Gasteiger partial charge >= 0.3 is 0 Å². The number of amides is 1. The van der Waals surface area contributed by atoms with Gasteiger partial charge in [0.15, 0.2) is 0 Å². The van der Waals surface area contributed by atoms with Crippen LogP contribution in [0.25, 0.3) is 11.3 Å². The smallest absolute Gasteiger partial charge is 0.283 e. The van der Waals surface area contributed by atoms with Crippen LogP contribution < -0.4 is 16.0 Å². The molecule has 122 valence electrons. The molecule has 1 atom stereocenters. The molecule has 0 bridgehead atoms. The van der Waals surface area contributed by atoms with Crippen molar-refractivity contribution in [2.24, 2.45) is 5.84 Å². The molecule has 7 heteroatoms. The highest BCUT2D eigenvalue weighted by Crippen LogP contribution is 2.25. The SMILES string of the molecule is Cc1c(-c2ccc(OCC3CCCO3)cc2)n[nH]c1C(=O)NN. The molecule has 0 radical (unpaired) electrons. The molecule has 1 unspecified atom stereocenters. The summed E-state index contributed by atoms with van der Waals surface area (Å²) in [5.74, 6) is 5.55. The van der Waals surface area contributed by atoms with Crippen molar-refractivity contribution in [1.82, 2.24) is 15.6 Å². The van der Waals surface area contributed by atoms with E-state index in [1.165, 1.54) is 0 Å². The second kappa shape index (κ2) is 6.80. The number of rotatable bonds is 5. The van der Waals surface area contributed by atoms with E-state index in [0.717, 1.165) is 36.3 Å². The van der Waals surface area contributed by atoms with Crippen LogP contribution in [0.4, 0.5) is 0 Å². The van der Waals surface area contributed by atoms with Crippen molar-refractivity contribution in [3.8, 4) is 17.0 Å². The zero-order valence-electron chi connectivity index (χ0n) is 13.0. The van der Waals surface area contributed by atoms with Crippen LogP contribution >= 0.6 is 0 Å². The fourth-order valence-electron chi connectivity index (χ4n) is 2.65.